The zero-order valence-electron chi connectivity index (χ0n) is 14.5. The van der Waals surface area contributed by atoms with E-state index < -0.39 is 0 Å². The fourth-order valence-corrected chi connectivity index (χ4v) is 3.93. The van der Waals surface area contributed by atoms with Crippen LogP contribution in [0.5, 0.6) is 0 Å². The van der Waals surface area contributed by atoms with Gasteiger partial charge in [-0.25, -0.2) is 0 Å². The summed E-state index contributed by atoms with van der Waals surface area (Å²) in [5.41, 5.74) is 0.119. The van der Waals surface area contributed by atoms with Gasteiger partial charge in [0, 0.05) is 12.0 Å². The molecule has 0 saturated carbocycles. The van der Waals surface area contributed by atoms with Gasteiger partial charge in [-0.15, -0.1) is 0 Å². The van der Waals surface area contributed by atoms with Gasteiger partial charge in [-0.3, -0.25) is 9.69 Å². The number of hydrogen-bond donors (Lipinski definition) is 0. The topological polar surface area (TPSA) is 23.6 Å². The molecule has 21 heavy (non-hydrogen) atoms. The van der Waals surface area contributed by atoms with E-state index in [2.05, 4.69) is 37.6 Å². The molecule has 1 unspecified atom stereocenters. The standard InChI is InChI=1S/C18H34N2O/c1-18(2,3)20-12-6-5-7-16(20)17(21)9-8-15-10-13-19(4)14-11-15/h15-16H,5-14H2,1-4H3. The smallest absolute Gasteiger partial charge is 0.149 e. The van der Waals surface area contributed by atoms with E-state index in [9.17, 15) is 4.79 Å². The van der Waals surface area contributed by atoms with Crippen molar-refractivity contribution in [1.29, 1.82) is 0 Å². The first-order valence-corrected chi connectivity index (χ1v) is 8.86. The normalized spacial score (nSPS) is 27.0. The van der Waals surface area contributed by atoms with Crippen LogP contribution in [0.25, 0.3) is 0 Å². The Kier molecular flexibility index (Phi) is 5.84. The molecule has 2 heterocycles. The summed E-state index contributed by atoms with van der Waals surface area (Å²) in [5.74, 6) is 1.28. The minimum Gasteiger partial charge on any atom is -0.306 e. The van der Waals surface area contributed by atoms with Crippen molar-refractivity contribution >= 4 is 5.78 Å². The van der Waals surface area contributed by atoms with Crippen LogP contribution in [0.2, 0.25) is 0 Å². The zero-order valence-corrected chi connectivity index (χ0v) is 14.5. The highest BCUT2D eigenvalue weighted by molar-refractivity contribution is 5.84. The fraction of sp³-hybridized carbons (Fsp3) is 0.944. The van der Waals surface area contributed by atoms with Crippen molar-refractivity contribution in [3.8, 4) is 0 Å². The highest BCUT2D eigenvalue weighted by Crippen LogP contribution is 2.28. The van der Waals surface area contributed by atoms with Crippen molar-refractivity contribution in [3.63, 3.8) is 0 Å². The van der Waals surface area contributed by atoms with Gasteiger partial charge in [0.05, 0.1) is 6.04 Å². The van der Waals surface area contributed by atoms with E-state index in [-0.39, 0.29) is 11.6 Å². The Labute approximate surface area is 131 Å². The quantitative estimate of drug-likeness (QED) is 0.794. The molecule has 0 amide bonds. The molecule has 0 aromatic rings. The summed E-state index contributed by atoms with van der Waals surface area (Å²) in [7, 11) is 2.20. The molecular weight excluding hydrogens is 260 g/mol. The molecule has 3 nitrogen and oxygen atoms in total. The number of carbonyl (C=O) groups excluding carboxylic acids is 1. The molecule has 2 rings (SSSR count). The third kappa shape index (κ3) is 4.79. The lowest BCUT2D eigenvalue weighted by Gasteiger charge is -2.44. The van der Waals surface area contributed by atoms with Crippen LogP contribution in [0, 0.1) is 5.92 Å². The van der Waals surface area contributed by atoms with Gasteiger partial charge < -0.3 is 4.90 Å². The number of ketones is 1. The third-order valence-electron chi connectivity index (χ3n) is 5.37. The van der Waals surface area contributed by atoms with Gasteiger partial charge in [0.2, 0.25) is 0 Å². The molecule has 0 radical (unpaired) electrons. The zero-order chi connectivity index (χ0) is 15.5. The van der Waals surface area contributed by atoms with E-state index in [4.69, 9.17) is 0 Å². The average Bonchev–Trinajstić information content (AvgIpc) is 2.45. The van der Waals surface area contributed by atoms with E-state index in [0.29, 0.717) is 5.78 Å². The molecule has 2 aliphatic rings. The Morgan fingerprint density at radius 3 is 2.33 bits per heavy atom. The predicted octanol–water partition coefficient (Wildman–Crippen LogP) is 3.33. The van der Waals surface area contributed by atoms with E-state index in [1.54, 1.807) is 0 Å². The first-order valence-electron chi connectivity index (χ1n) is 8.86. The van der Waals surface area contributed by atoms with Crippen LogP contribution < -0.4 is 0 Å². The van der Waals surface area contributed by atoms with Crippen molar-refractivity contribution in [2.24, 2.45) is 5.92 Å². The summed E-state index contributed by atoms with van der Waals surface area (Å²) in [4.78, 5) is 17.6. The molecule has 122 valence electrons. The molecule has 0 N–H and O–H groups in total. The number of Topliss-reactive ketones (excluding diaryl/α,β-unsaturated/α-hetero) is 1. The van der Waals surface area contributed by atoms with Crippen LogP contribution in [0.1, 0.15) is 65.7 Å². The van der Waals surface area contributed by atoms with E-state index in [1.165, 1.54) is 38.8 Å². The molecule has 0 spiro atoms. The van der Waals surface area contributed by atoms with Crippen LogP contribution in [0.3, 0.4) is 0 Å². The second-order valence-electron chi connectivity index (χ2n) is 8.13. The van der Waals surface area contributed by atoms with Gasteiger partial charge in [-0.1, -0.05) is 6.42 Å². The number of hydrogen-bond acceptors (Lipinski definition) is 3. The van der Waals surface area contributed by atoms with Crippen molar-refractivity contribution < 1.29 is 4.79 Å². The summed E-state index contributed by atoms with van der Waals surface area (Å²) in [5, 5.41) is 0. The van der Waals surface area contributed by atoms with Crippen LogP contribution in [-0.2, 0) is 4.79 Å². The van der Waals surface area contributed by atoms with Crippen LogP contribution >= 0.6 is 0 Å². The molecule has 0 aliphatic carbocycles. The second-order valence-corrected chi connectivity index (χ2v) is 8.13. The summed E-state index contributed by atoms with van der Waals surface area (Å²) in [6.07, 6.45) is 8.00. The Hall–Kier alpha value is -0.410. The maximum Gasteiger partial charge on any atom is 0.149 e. The second kappa shape index (κ2) is 7.23. The van der Waals surface area contributed by atoms with Gasteiger partial charge in [0.1, 0.15) is 5.78 Å². The minimum absolute atomic E-state index is 0.119. The van der Waals surface area contributed by atoms with Crippen molar-refractivity contribution in [2.75, 3.05) is 26.7 Å². The van der Waals surface area contributed by atoms with E-state index in [0.717, 1.165) is 31.7 Å². The molecule has 0 bridgehead atoms. The third-order valence-corrected chi connectivity index (χ3v) is 5.37. The minimum atomic E-state index is 0.119. The average molecular weight is 294 g/mol. The van der Waals surface area contributed by atoms with E-state index >= 15 is 0 Å². The van der Waals surface area contributed by atoms with Crippen LogP contribution in [-0.4, -0.2) is 53.8 Å². The Balaban J connectivity index is 1.83. The number of carbonyl (C=O) groups is 1. The highest BCUT2D eigenvalue weighted by Gasteiger charge is 2.35. The molecule has 0 aromatic heterocycles. The van der Waals surface area contributed by atoms with Gasteiger partial charge >= 0.3 is 0 Å². The first kappa shape index (κ1) is 17.0. The summed E-state index contributed by atoms with van der Waals surface area (Å²) < 4.78 is 0. The Bertz CT molecular complexity index is 340. The van der Waals surface area contributed by atoms with Crippen LogP contribution in [0.4, 0.5) is 0 Å². The summed E-state index contributed by atoms with van der Waals surface area (Å²) in [6.45, 7) is 10.2. The van der Waals surface area contributed by atoms with Gasteiger partial charge in [-0.05, 0) is 85.5 Å². The van der Waals surface area contributed by atoms with Gasteiger partial charge in [0.25, 0.3) is 0 Å². The first-order chi connectivity index (χ1) is 9.88. The number of rotatable bonds is 4. The molecule has 1 atom stereocenters. The number of piperidine rings is 2. The predicted molar refractivity (Wildman–Crippen MR) is 88.6 cm³/mol. The van der Waals surface area contributed by atoms with Gasteiger partial charge in [0.15, 0.2) is 0 Å². The maximum absolute atomic E-state index is 12.7. The Morgan fingerprint density at radius 2 is 1.71 bits per heavy atom. The lowest BCUT2D eigenvalue weighted by atomic mass is 9.87. The summed E-state index contributed by atoms with van der Waals surface area (Å²) >= 11 is 0. The van der Waals surface area contributed by atoms with Crippen molar-refractivity contribution in [3.05, 3.63) is 0 Å². The molecular formula is C18H34N2O. The molecule has 3 heteroatoms. The molecule has 2 fully saturated rings. The fourth-order valence-electron chi connectivity index (χ4n) is 3.93. The SMILES string of the molecule is CN1CCC(CCC(=O)C2CCCCN2C(C)(C)C)CC1. The highest BCUT2D eigenvalue weighted by atomic mass is 16.1. The van der Waals surface area contributed by atoms with Crippen LogP contribution in [0.15, 0.2) is 0 Å². The number of nitrogens with zero attached hydrogens (tertiary/aromatic N) is 2. The maximum atomic E-state index is 12.7. The monoisotopic (exact) mass is 294 g/mol. The Morgan fingerprint density at radius 1 is 1.05 bits per heavy atom. The van der Waals surface area contributed by atoms with Crippen molar-refractivity contribution in [1.82, 2.24) is 9.80 Å². The van der Waals surface area contributed by atoms with Crippen molar-refractivity contribution in [2.45, 2.75) is 77.3 Å². The van der Waals surface area contributed by atoms with E-state index in [1.807, 2.05) is 0 Å². The summed E-state index contributed by atoms with van der Waals surface area (Å²) in [6, 6.07) is 0.185. The largest absolute Gasteiger partial charge is 0.306 e. The van der Waals surface area contributed by atoms with Gasteiger partial charge in [-0.2, -0.15) is 0 Å². The lowest BCUT2D eigenvalue weighted by molar-refractivity contribution is -0.128. The molecule has 2 saturated heterocycles. The molecule has 0 aromatic carbocycles. The molecule has 2 aliphatic heterocycles. The lowest BCUT2D eigenvalue weighted by Crippen LogP contribution is -2.53. The number of likely N-dealkylation sites (tertiary alicyclic amines) is 2.